The van der Waals surface area contributed by atoms with Gasteiger partial charge in [0, 0.05) is 6.26 Å². The molecule has 2 aromatic rings. The molecule has 0 amide bonds. The highest BCUT2D eigenvalue weighted by atomic mass is 32.2. The first kappa shape index (κ1) is 13.2. The number of rotatable bonds is 3. The molecule has 0 aliphatic rings. The number of carbonyl (C=O) groups is 1. The van der Waals surface area contributed by atoms with E-state index in [0.717, 1.165) is 18.4 Å². The van der Waals surface area contributed by atoms with Gasteiger partial charge in [0.2, 0.25) is 0 Å². The van der Waals surface area contributed by atoms with E-state index in [-0.39, 0.29) is 21.8 Å². The molecular weight excluding hydrogens is 275 g/mol. The van der Waals surface area contributed by atoms with Crippen LogP contribution < -0.4 is 0 Å². The van der Waals surface area contributed by atoms with E-state index >= 15 is 0 Å². The maximum Gasteiger partial charge on any atom is 0.353 e. The van der Waals surface area contributed by atoms with Gasteiger partial charge in [-0.1, -0.05) is 6.07 Å². The van der Waals surface area contributed by atoms with Crippen LogP contribution in [-0.4, -0.2) is 35.9 Å². The monoisotopic (exact) mass is 284 g/mol. The Kier molecular flexibility index (Phi) is 3.11. The van der Waals surface area contributed by atoms with Gasteiger partial charge in [0.25, 0.3) is 0 Å². The molecule has 19 heavy (non-hydrogen) atoms. The number of aromatic carboxylic acids is 1. The van der Waals surface area contributed by atoms with Crippen molar-refractivity contribution in [2.45, 2.75) is 4.90 Å². The Morgan fingerprint density at radius 2 is 2.11 bits per heavy atom. The van der Waals surface area contributed by atoms with E-state index in [2.05, 4.69) is 10.2 Å². The van der Waals surface area contributed by atoms with Crippen LogP contribution in [0.1, 0.15) is 10.5 Å². The van der Waals surface area contributed by atoms with Gasteiger partial charge in [0.15, 0.2) is 9.84 Å². The van der Waals surface area contributed by atoms with Crippen molar-refractivity contribution < 1.29 is 22.7 Å². The summed E-state index contributed by atoms with van der Waals surface area (Å²) in [7, 11) is -3.66. The number of aromatic amines is 1. The number of carboxylic acids is 1. The lowest BCUT2D eigenvalue weighted by molar-refractivity contribution is 0.0690. The third-order valence-electron chi connectivity index (χ3n) is 2.44. The smallest absolute Gasteiger partial charge is 0.353 e. The normalized spacial score (nSPS) is 11.5. The van der Waals surface area contributed by atoms with Gasteiger partial charge in [-0.25, -0.2) is 17.6 Å². The van der Waals surface area contributed by atoms with Crippen LogP contribution in [0.4, 0.5) is 4.39 Å². The van der Waals surface area contributed by atoms with Crippen LogP contribution in [0.25, 0.3) is 11.3 Å². The van der Waals surface area contributed by atoms with Crippen molar-refractivity contribution in [2.75, 3.05) is 6.26 Å². The van der Waals surface area contributed by atoms with Crippen LogP contribution in [0.15, 0.2) is 29.2 Å². The Hall–Kier alpha value is -2.22. The van der Waals surface area contributed by atoms with E-state index in [4.69, 9.17) is 5.11 Å². The van der Waals surface area contributed by atoms with Gasteiger partial charge < -0.3 is 5.11 Å². The van der Waals surface area contributed by atoms with Crippen molar-refractivity contribution in [3.05, 3.63) is 35.8 Å². The van der Waals surface area contributed by atoms with E-state index in [1.165, 1.54) is 12.1 Å². The Morgan fingerprint density at radius 3 is 2.63 bits per heavy atom. The van der Waals surface area contributed by atoms with Crippen LogP contribution in [0, 0.1) is 5.82 Å². The maximum atomic E-state index is 13.8. The van der Waals surface area contributed by atoms with Gasteiger partial charge in [0.1, 0.15) is 11.5 Å². The molecule has 0 unspecified atom stereocenters. The van der Waals surface area contributed by atoms with Crippen molar-refractivity contribution >= 4 is 15.8 Å². The third-order valence-corrected chi connectivity index (χ3v) is 3.58. The average Bonchev–Trinajstić information content (AvgIpc) is 2.76. The standard InChI is InChI=1S/C11H9FN2O4S/c1-19(17,18)9-4-2-3-6(12)10(9)7-5-8(11(15)16)14-13-7/h2-5H,1H3,(H,13,14)(H,15,16). The first-order valence-corrected chi connectivity index (χ1v) is 6.97. The summed E-state index contributed by atoms with van der Waals surface area (Å²) in [6.45, 7) is 0. The van der Waals surface area contributed by atoms with Crippen molar-refractivity contribution in [3.8, 4) is 11.3 Å². The number of aromatic nitrogens is 2. The predicted molar refractivity (Wildman–Crippen MR) is 64.1 cm³/mol. The number of benzene rings is 1. The molecule has 0 aliphatic heterocycles. The van der Waals surface area contributed by atoms with Crippen LogP contribution in [0.2, 0.25) is 0 Å². The van der Waals surface area contributed by atoms with Gasteiger partial charge in [0.05, 0.1) is 16.2 Å². The number of hydrogen-bond acceptors (Lipinski definition) is 4. The second-order valence-electron chi connectivity index (χ2n) is 3.86. The van der Waals surface area contributed by atoms with E-state index in [1.807, 2.05) is 0 Å². The summed E-state index contributed by atoms with van der Waals surface area (Å²) in [5, 5.41) is 14.6. The molecule has 2 rings (SSSR count). The number of halogens is 1. The Bertz CT molecular complexity index is 752. The summed E-state index contributed by atoms with van der Waals surface area (Å²) in [5.41, 5.74) is -0.567. The molecular formula is C11H9FN2O4S. The molecule has 0 saturated carbocycles. The molecule has 2 N–H and O–H groups in total. The van der Waals surface area contributed by atoms with Gasteiger partial charge in [-0.15, -0.1) is 0 Å². The number of carboxylic acid groups (broad SMARTS) is 1. The summed E-state index contributed by atoms with van der Waals surface area (Å²) < 4.78 is 37.0. The number of sulfone groups is 1. The van der Waals surface area contributed by atoms with E-state index < -0.39 is 21.6 Å². The number of H-pyrrole nitrogens is 1. The molecule has 0 spiro atoms. The highest BCUT2D eigenvalue weighted by Gasteiger charge is 2.21. The largest absolute Gasteiger partial charge is 0.477 e. The fourth-order valence-corrected chi connectivity index (χ4v) is 2.52. The van der Waals surface area contributed by atoms with Gasteiger partial charge >= 0.3 is 5.97 Å². The fourth-order valence-electron chi connectivity index (χ4n) is 1.62. The summed E-state index contributed by atoms with van der Waals surface area (Å²) in [6, 6.07) is 4.66. The topological polar surface area (TPSA) is 100 Å². The summed E-state index contributed by atoms with van der Waals surface area (Å²) in [6.07, 6.45) is 0.941. The lowest BCUT2D eigenvalue weighted by atomic mass is 10.1. The molecule has 1 heterocycles. The van der Waals surface area contributed by atoms with Crippen LogP contribution in [0.3, 0.4) is 0 Å². The van der Waals surface area contributed by atoms with E-state index in [9.17, 15) is 17.6 Å². The number of hydrogen-bond donors (Lipinski definition) is 2. The first-order chi connectivity index (χ1) is 8.80. The fraction of sp³-hybridized carbons (Fsp3) is 0.0909. The van der Waals surface area contributed by atoms with E-state index in [1.54, 1.807) is 0 Å². The third kappa shape index (κ3) is 2.48. The highest BCUT2D eigenvalue weighted by Crippen LogP contribution is 2.29. The molecule has 1 aromatic carbocycles. The predicted octanol–water partition coefficient (Wildman–Crippen LogP) is 1.32. The minimum absolute atomic E-state index is 0.0732. The molecule has 6 nitrogen and oxygen atoms in total. The second kappa shape index (κ2) is 4.47. The average molecular weight is 284 g/mol. The lowest BCUT2D eigenvalue weighted by Gasteiger charge is -2.06. The van der Waals surface area contributed by atoms with Crippen molar-refractivity contribution in [2.24, 2.45) is 0 Å². The number of nitrogens with zero attached hydrogens (tertiary/aromatic N) is 1. The maximum absolute atomic E-state index is 13.8. The molecule has 0 bridgehead atoms. The number of nitrogens with one attached hydrogen (secondary N) is 1. The zero-order valence-electron chi connectivity index (χ0n) is 9.71. The van der Waals surface area contributed by atoms with Gasteiger partial charge in [-0.3, -0.25) is 5.10 Å². The Labute approximate surface area is 107 Å². The summed E-state index contributed by atoms with van der Waals surface area (Å²) >= 11 is 0. The van der Waals surface area contributed by atoms with Crippen LogP contribution in [-0.2, 0) is 9.84 Å². The van der Waals surface area contributed by atoms with Gasteiger partial charge in [-0.2, -0.15) is 5.10 Å². The first-order valence-electron chi connectivity index (χ1n) is 5.08. The Morgan fingerprint density at radius 1 is 1.42 bits per heavy atom. The molecule has 0 aliphatic carbocycles. The highest BCUT2D eigenvalue weighted by molar-refractivity contribution is 7.90. The van der Waals surface area contributed by atoms with Crippen LogP contribution >= 0.6 is 0 Å². The van der Waals surface area contributed by atoms with Crippen molar-refractivity contribution in [3.63, 3.8) is 0 Å². The SMILES string of the molecule is CS(=O)(=O)c1cccc(F)c1-c1cc(C(=O)O)[nH]n1. The zero-order valence-corrected chi connectivity index (χ0v) is 10.5. The minimum Gasteiger partial charge on any atom is -0.477 e. The molecule has 0 fully saturated rings. The zero-order chi connectivity index (χ0) is 14.2. The summed E-state index contributed by atoms with van der Waals surface area (Å²) in [4.78, 5) is 10.5. The van der Waals surface area contributed by atoms with E-state index in [0.29, 0.717) is 0 Å². The molecule has 8 heteroatoms. The quantitative estimate of drug-likeness (QED) is 0.885. The van der Waals surface area contributed by atoms with Gasteiger partial charge in [-0.05, 0) is 18.2 Å². The Balaban J connectivity index is 2.70. The molecule has 0 atom stereocenters. The summed E-state index contributed by atoms with van der Waals surface area (Å²) in [5.74, 6) is -2.05. The van der Waals surface area contributed by atoms with Crippen molar-refractivity contribution in [1.82, 2.24) is 10.2 Å². The molecule has 0 saturated heterocycles. The molecule has 1 aromatic heterocycles. The van der Waals surface area contributed by atoms with Crippen LogP contribution in [0.5, 0.6) is 0 Å². The molecule has 100 valence electrons. The lowest BCUT2D eigenvalue weighted by Crippen LogP contribution is -2.02. The molecule has 0 radical (unpaired) electrons. The minimum atomic E-state index is -3.66. The van der Waals surface area contributed by atoms with Crippen molar-refractivity contribution in [1.29, 1.82) is 0 Å². The second-order valence-corrected chi connectivity index (χ2v) is 5.84.